The minimum atomic E-state index is 0.221. The molecule has 0 spiro atoms. The molecule has 1 saturated heterocycles. The molecule has 1 fully saturated rings. The fourth-order valence-electron chi connectivity index (χ4n) is 3.08. The molecule has 1 aliphatic carbocycles. The van der Waals surface area contributed by atoms with Gasteiger partial charge in [0.05, 0.1) is 6.04 Å². The molecule has 78 valence electrons. The Kier molecular flexibility index (Phi) is 1.84. The zero-order chi connectivity index (χ0) is 10.4. The Morgan fingerprint density at radius 3 is 2.73 bits per heavy atom. The molecule has 0 saturated carbocycles. The van der Waals surface area contributed by atoms with Crippen LogP contribution in [0.25, 0.3) is 0 Å². The van der Waals surface area contributed by atoms with Crippen molar-refractivity contribution >= 4 is 5.91 Å². The van der Waals surface area contributed by atoms with Crippen LogP contribution >= 0.6 is 0 Å². The van der Waals surface area contributed by atoms with Gasteiger partial charge in [-0.15, -0.1) is 0 Å². The normalized spacial score (nSPS) is 27.7. The van der Waals surface area contributed by atoms with Crippen LogP contribution < -0.4 is 0 Å². The Morgan fingerprint density at radius 2 is 2.00 bits per heavy atom. The molecule has 1 aromatic carbocycles. The van der Waals surface area contributed by atoms with Gasteiger partial charge in [0.25, 0.3) is 0 Å². The van der Waals surface area contributed by atoms with Crippen molar-refractivity contribution in [3.63, 3.8) is 0 Å². The van der Waals surface area contributed by atoms with E-state index in [0.717, 1.165) is 13.0 Å². The summed E-state index contributed by atoms with van der Waals surface area (Å²) in [5, 5.41) is 0. The van der Waals surface area contributed by atoms with E-state index in [1.807, 2.05) is 4.90 Å². The standard InChI is InChI=1S/C13H15NO/c1-9(15)14-8-10-6-7-13(14)12-5-3-2-4-11(10)12/h2-5,10,13H,6-8H2,1H3/t10-,13-/m1/s1. The Bertz CT molecular complexity index is 413. The molecular weight excluding hydrogens is 186 g/mol. The maximum Gasteiger partial charge on any atom is 0.219 e. The van der Waals surface area contributed by atoms with Crippen molar-refractivity contribution in [2.45, 2.75) is 31.7 Å². The molecule has 1 amide bonds. The van der Waals surface area contributed by atoms with Gasteiger partial charge in [-0.2, -0.15) is 0 Å². The number of carbonyl (C=O) groups excluding carboxylic acids is 1. The molecule has 2 nitrogen and oxygen atoms in total. The van der Waals surface area contributed by atoms with E-state index in [2.05, 4.69) is 24.3 Å². The number of fused-ring (bicyclic) bond motifs is 2. The molecule has 1 aromatic rings. The van der Waals surface area contributed by atoms with E-state index < -0.39 is 0 Å². The first-order valence-electron chi connectivity index (χ1n) is 5.63. The van der Waals surface area contributed by atoms with Crippen LogP contribution in [0.2, 0.25) is 0 Å². The van der Waals surface area contributed by atoms with Crippen LogP contribution in [0.15, 0.2) is 24.3 Å². The number of piperidine rings is 1. The monoisotopic (exact) mass is 201 g/mol. The third-order valence-corrected chi connectivity index (χ3v) is 3.78. The highest BCUT2D eigenvalue weighted by Crippen LogP contribution is 2.46. The topological polar surface area (TPSA) is 20.3 Å². The number of nitrogens with zero attached hydrogens (tertiary/aromatic N) is 1. The van der Waals surface area contributed by atoms with Crippen molar-refractivity contribution < 1.29 is 4.79 Å². The lowest BCUT2D eigenvalue weighted by molar-refractivity contribution is -0.133. The van der Waals surface area contributed by atoms with Gasteiger partial charge >= 0.3 is 0 Å². The second-order valence-electron chi connectivity index (χ2n) is 4.59. The smallest absolute Gasteiger partial charge is 0.219 e. The van der Waals surface area contributed by atoms with Crippen molar-refractivity contribution in [2.75, 3.05) is 6.54 Å². The predicted octanol–water partition coefficient (Wildman–Crippen LogP) is 2.47. The Labute approximate surface area is 89.9 Å². The highest BCUT2D eigenvalue weighted by atomic mass is 16.2. The molecule has 2 heteroatoms. The first-order chi connectivity index (χ1) is 7.27. The van der Waals surface area contributed by atoms with E-state index in [-0.39, 0.29) is 5.91 Å². The molecule has 4 rings (SSSR count). The molecule has 2 atom stereocenters. The van der Waals surface area contributed by atoms with Crippen LogP contribution in [-0.2, 0) is 4.79 Å². The van der Waals surface area contributed by atoms with E-state index in [4.69, 9.17) is 0 Å². The van der Waals surface area contributed by atoms with Crippen LogP contribution in [0, 0.1) is 0 Å². The third-order valence-electron chi connectivity index (χ3n) is 3.78. The molecule has 0 N–H and O–H groups in total. The minimum Gasteiger partial charge on any atom is -0.335 e. The van der Waals surface area contributed by atoms with E-state index in [9.17, 15) is 4.79 Å². The van der Waals surface area contributed by atoms with Gasteiger partial charge in [0, 0.05) is 19.4 Å². The summed E-state index contributed by atoms with van der Waals surface area (Å²) < 4.78 is 0. The molecule has 0 radical (unpaired) electrons. The van der Waals surface area contributed by atoms with Gasteiger partial charge in [-0.3, -0.25) is 4.79 Å². The van der Waals surface area contributed by atoms with Crippen LogP contribution in [-0.4, -0.2) is 17.4 Å². The highest BCUT2D eigenvalue weighted by Gasteiger charge is 2.38. The lowest BCUT2D eigenvalue weighted by atomic mass is 9.75. The van der Waals surface area contributed by atoms with E-state index in [1.165, 1.54) is 17.5 Å². The number of hydrogen-bond donors (Lipinski definition) is 0. The van der Waals surface area contributed by atoms with Gasteiger partial charge in [0.1, 0.15) is 0 Å². The summed E-state index contributed by atoms with van der Waals surface area (Å²) in [6, 6.07) is 8.95. The Hall–Kier alpha value is -1.31. The summed E-state index contributed by atoms with van der Waals surface area (Å²) in [4.78, 5) is 13.6. The van der Waals surface area contributed by atoms with Crippen LogP contribution in [0.1, 0.15) is 42.9 Å². The molecular formula is C13H15NO. The zero-order valence-electron chi connectivity index (χ0n) is 8.94. The number of hydrogen-bond acceptors (Lipinski definition) is 1. The number of rotatable bonds is 0. The van der Waals surface area contributed by atoms with Gasteiger partial charge in [-0.1, -0.05) is 24.3 Å². The van der Waals surface area contributed by atoms with Crippen molar-refractivity contribution in [1.29, 1.82) is 0 Å². The summed E-state index contributed by atoms with van der Waals surface area (Å²) in [6.07, 6.45) is 2.38. The Balaban J connectivity index is 2.09. The summed E-state index contributed by atoms with van der Waals surface area (Å²) in [6.45, 7) is 2.61. The van der Waals surface area contributed by atoms with Crippen LogP contribution in [0.4, 0.5) is 0 Å². The van der Waals surface area contributed by atoms with Crippen LogP contribution in [0.5, 0.6) is 0 Å². The molecule has 2 heterocycles. The second-order valence-corrected chi connectivity index (χ2v) is 4.59. The highest BCUT2D eigenvalue weighted by molar-refractivity contribution is 5.74. The van der Waals surface area contributed by atoms with Gasteiger partial charge in [-0.25, -0.2) is 0 Å². The van der Waals surface area contributed by atoms with Crippen molar-refractivity contribution in [1.82, 2.24) is 4.90 Å². The lowest BCUT2D eigenvalue weighted by Crippen LogP contribution is -2.44. The molecule has 0 aromatic heterocycles. The second kappa shape index (κ2) is 3.09. The van der Waals surface area contributed by atoms with E-state index in [1.54, 1.807) is 6.92 Å². The molecule has 15 heavy (non-hydrogen) atoms. The molecule has 2 bridgehead atoms. The largest absolute Gasteiger partial charge is 0.335 e. The van der Waals surface area contributed by atoms with Crippen LogP contribution in [0.3, 0.4) is 0 Å². The average molecular weight is 201 g/mol. The van der Waals surface area contributed by atoms with Gasteiger partial charge in [0.2, 0.25) is 5.91 Å². The third kappa shape index (κ3) is 1.21. The summed E-state index contributed by atoms with van der Waals surface area (Å²) in [5.41, 5.74) is 2.86. The zero-order valence-corrected chi connectivity index (χ0v) is 8.94. The maximum atomic E-state index is 11.5. The summed E-state index contributed by atoms with van der Waals surface area (Å²) >= 11 is 0. The first-order valence-corrected chi connectivity index (χ1v) is 5.63. The SMILES string of the molecule is CC(=O)N1C[C@H]2CC[C@@H]1c1ccccc12. The Morgan fingerprint density at radius 1 is 1.27 bits per heavy atom. The lowest BCUT2D eigenvalue weighted by Gasteiger charge is -2.46. The minimum absolute atomic E-state index is 0.221. The summed E-state index contributed by atoms with van der Waals surface area (Å²) in [7, 11) is 0. The van der Waals surface area contributed by atoms with Crippen molar-refractivity contribution in [3.05, 3.63) is 35.4 Å². The summed E-state index contributed by atoms with van der Waals surface area (Å²) in [5.74, 6) is 0.800. The van der Waals surface area contributed by atoms with Crippen molar-refractivity contribution in [2.24, 2.45) is 0 Å². The predicted molar refractivity (Wildman–Crippen MR) is 58.5 cm³/mol. The fourth-order valence-corrected chi connectivity index (χ4v) is 3.08. The first kappa shape index (κ1) is 8.96. The number of amides is 1. The molecule has 3 aliphatic rings. The molecule has 0 unspecified atom stereocenters. The fraction of sp³-hybridized carbons (Fsp3) is 0.462. The maximum absolute atomic E-state index is 11.5. The average Bonchev–Trinajstić information content (AvgIpc) is 2.30. The van der Waals surface area contributed by atoms with Crippen molar-refractivity contribution in [3.8, 4) is 0 Å². The van der Waals surface area contributed by atoms with E-state index in [0.29, 0.717) is 12.0 Å². The quantitative estimate of drug-likeness (QED) is 0.631. The molecule has 2 aliphatic heterocycles. The van der Waals surface area contributed by atoms with E-state index >= 15 is 0 Å². The number of benzene rings is 1. The number of carbonyl (C=O) groups is 1. The van der Waals surface area contributed by atoms with Gasteiger partial charge < -0.3 is 4.90 Å². The van der Waals surface area contributed by atoms with Gasteiger partial charge in [0.15, 0.2) is 0 Å². The van der Waals surface area contributed by atoms with Gasteiger partial charge in [-0.05, 0) is 24.0 Å².